The molecule has 1 unspecified atom stereocenters. The first kappa shape index (κ1) is 14.3. The Hall–Kier alpha value is -1.08. The number of carbonyl (C=O) groups excluding carboxylic acids is 1. The molecule has 4 heteroatoms. The summed E-state index contributed by atoms with van der Waals surface area (Å²) in [6.07, 6.45) is 3.64. The fraction of sp³-hybridized carbons (Fsp3) is 0.867. The van der Waals surface area contributed by atoms with Crippen molar-refractivity contribution in [2.45, 2.75) is 39.5 Å². The van der Waals surface area contributed by atoms with Crippen LogP contribution in [0.3, 0.4) is 0 Å². The number of hydrogen-bond acceptors (Lipinski definition) is 3. The van der Waals surface area contributed by atoms with E-state index in [9.17, 15) is 4.79 Å². The third-order valence-electron chi connectivity index (χ3n) is 5.06. The van der Waals surface area contributed by atoms with Crippen molar-refractivity contribution in [2.24, 2.45) is 16.7 Å². The third kappa shape index (κ3) is 2.76. The number of nitrogens with zero attached hydrogens (tertiary/aromatic N) is 2. The van der Waals surface area contributed by atoms with Gasteiger partial charge in [-0.25, -0.2) is 0 Å². The molecular formula is C15H25N3O. The molecule has 1 saturated heterocycles. The van der Waals surface area contributed by atoms with Gasteiger partial charge in [-0.05, 0) is 50.6 Å². The molecule has 1 N–H and O–H groups in total. The number of nitrogens with one attached hydrogen (secondary N) is 1. The van der Waals surface area contributed by atoms with Crippen LogP contribution in [0.2, 0.25) is 0 Å². The fourth-order valence-corrected chi connectivity index (χ4v) is 3.11. The van der Waals surface area contributed by atoms with E-state index in [0.29, 0.717) is 12.5 Å². The van der Waals surface area contributed by atoms with Gasteiger partial charge in [-0.15, -0.1) is 0 Å². The molecule has 1 saturated carbocycles. The van der Waals surface area contributed by atoms with Crippen LogP contribution < -0.4 is 5.32 Å². The van der Waals surface area contributed by atoms with Crippen molar-refractivity contribution < 1.29 is 4.79 Å². The number of likely N-dealkylation sites (tertiary alicyclic amines) is 1. The topological polar surface area (TPSA) is 56.1 Å². The van der Waals surface area contributed by atoms with Crippen molar-refractivity contribution in [1.82, 2.24) is 10.2 Å². The van der Waals surface area contributed by atoms with Gasteiger partial charge in [0, 0.05) is 13.1 Å². The van der Waals surface area contributed by atoms with Gasteiger partial charge in [-0.2, -0.15) is 5.26 Å². The molecule has 1 heterocycles. The molecule has 1 aliphatic carbocycles. The molecule has 19 heavy (non-hydrogen) atoms. The van der Waals surface area contributed by atoms with E-state index in [1.165, 1.54) is 6.42 Å². The van der Waals surface area contributed by atoms with Gasteiger partial charge in [0.15, 0.2) is 0 Å². The average molecular weight is 263 g/mol. The Kier molecular flexibility index (Phi) is 3.87. The minimum atomic E-state index is -0.720. The van der Waals surface area contributed by atoms with Crippen LogP contribution in [0.1, 0.15) is 39.5 Å². The summed E-state index contributed by atoms with van der Waals surface area (Å²) in [4.78, 5) is 14.5. The molecule has 0 aromatic heterocycles. The monoisotopic (exact) mass is 263 g/mol. The summed E-state index contributed by atoms with van der Waals surface area (Å²) in [5, 5.41) is 12.2. The molecule has 0 bridgehead atoms. The number of carbonyl (C=O) groups is 1. The van der Waals surface area contributed by atoms with Gasteiger partial charge in [0.05, 0.1) is 6.07 Å². The van der Waals surface area contributed by atoms with Crippen LogP contribution in [-0.4, -0.2) is 37.5 Å². The standard InChI is InChI=1S/C15H25N3O/c1-14(2,12-5-8-18(3)9-12)11-17-13(19)15(10-16)6-4-7-15/h12H,4-9,11H2,1-3H3,(H,17,19). The summed E-state index contributed by atoms with van der Waals surface area (Å²) in [5.41, 5.74) is -0.622. The molecule has 4 nitrogen and oxygen atoms in total. The van der Waals surface area contributed by atoms with Crippen molar-refractivity contribution >= 4 is 5.91 Å². The summed E-state index contributed by atoms with van der Waals surface area (Å²) in [6.45, 7) is 7.36. The van der Waals surface area contributed by atoms with Crippen LogP contribution >= 0.6 is 0 Å². The van der Waals surface area contributed by atoms with E-state index in [4.69, 9.17) is 5.26 Å². The first-order valence-corrected chi connectivity index (χ1v) is 7.28. The average Bonchev–Trinajstić information content (AvgIpc) is 2.73. The zero-order valence-corrected chi connectivity index (χ0v) is 12.3. The van der Waals surface area contributed by atoms with E-state index in [0.717, 1.165) is 32.4 Å². The highest BCUT2D eigenvalue weighted by Gasteiger charge is 2.45. The zero-order chi connectivity index (χ0) is 14.1. The minimum absolute atomic E-state index is 0.0549. The van der Waals surface area contributed by atoms with Crippen LogP contribution in [0, 0.1) is 28.1 Å². The molecule has 1 aliphatic heterocycles. The molecule has 0 radical (unpaired) electrons. The first-order valence-electron chi connectivity index (χ1n) is 7.28. The van der Waals surface area contributed by atoms with Gasteiger partial charge in [0.1, 0.15) is 5.41 Å². The fourth-order valence-electron chi connectivity index (χ4n) is 3.11. The lowest BCUT2D eigenvalue weighted by Crippen LogP contribution is -2.48. The second-order valence-corrected chi connectivity index (χ2v) is 6.97. The lowest BCUT2D eigenvalue weighted by molar-refractivity contribution is -0.132. The number of nitriles is 1. The molecular weight excluding hydrogens is 238 g/mol. The molecule has 1 amide bonds. The van der Waals surface area contributed by atoms with Crippen molar-refractivity contribution in [3.63, 3.8) is 0 Å². The Bertz CT molecular complexity index is 393. The molecule has 2 aliphatic rings. The lowest BCUT2D eigenvalue weighted by atomic mass is 9.69. The molecule has 1 atom stereocenters. The van der Waals surface area contributed by atoms with Crippen molar-refractivity contribution in [2.75, 3.05) is 26.7 Å². The van der Waals surface area contributed by atoms with Crippen LogP contribution in [0.25, 0.3) is 0 Å². The second kappa shape index (κ2) is 5.13. The Morgan fingerprint density at radius 3 is 2.63 bits per heavy atom. The minimum Gasteiger partial charge on any atom is -0.354 e. The largest absolute Gasteiger partial charge is 0.354 e. The van der Waals surface area contributed by atoms with E-state index >= 15 is 0 Å². The first-order chi connectivity index (χ1) is 8.89. The quantitative estimate of drug-likeness (QED) is 0.841. The Balaban J connectivity index is 1.87. The van der Waals surface area contributed by atoms with Crippen LogP contribution in [0.5, 0.6) is 0 Å². The Labute approximate surface area is 116 Å². The molecule has 2 fully saturated rings. The molecule has 2 rings (SSSR count). The smallest absolute Gasteiger partial charge is 0.240 e. The SMILES string of the molecule is CN1CCC(C(C)(C)CNC(=O)C2(C#N)CCC2)C1. The second-order valence-electron chi connectivity index (χ2n) is 6.97. The van der Waals surface area contributed by atoms with E-state index in [-0.39, 0.29) is 11.3 Å². The third-order valence-corrected chi connectivity index (χ3v) is 5.06. The number of amides is 1. The number of rotatable bonds is 4. The maximum atomic E-state index is 12.2. The van der Waals surface area contributed by atoms with Crippen LogP contribution in [0.15, 0.2) is 0 Å². The van der Waals surface area contributed by atoms with Crippen LogP contribution in [-0.2, 0) is 4.79 Å². The van der Waals surface area contributed by atoms with Gasteiger partial charge in [-0.1, -0.05) is 13.8 Å². The summed E-state index contributed by atoms with van der Waals surface area (Å²) >= 11 is 0. The zero-order valence-electron chi connectivity index (χ0n) is 12.3. The van der Waals surface area contributed by atoms with Crippen molar-refractivity contribution in [1.29, 1.82) is 5.26 Å². The molecule has 0 aromatic carbocycles. The van der Waals surface area contributed by atoms with Gasteiger partial charge in [-0.3, -0.25) is 4.79 Å². The lowest BCUT2D eigenvalue weighted by Gasteiger charge is -2.36. The van der Waals surface area contributed by atoms with E-state index in [1.54, 1.807) is 0 Å². The summed E-state index contributed by atoms with van der Waals surface area (Å²) in [7, 11) is 2.15. The van der Waals surface area contributed by atoms with Crippen molar-refractivity contribution in [3.05, 3.63) is 0 Å². The predicted octanol–water partition coefficient (Wildman–Crippen LogP) is 1.77. The van der Waals surface area contributed by atoms with Gasteiger partial charge in [0.25, 0.3) is 0 Å². The summed E-state index contributed by atoms with van der Waals surface area (Å²) < 4.78 is 0. The van der Waals surface area contributed by atoms with Crippen molar-refractivity contribution in [3.8, 4) is 6.07 Å². The normalized spacial score (nSPS) is 26.5. The van der Waals surface area contributed by atoms with Crippen LogP contribution in [0.4, 0.5) is 0 Å². The molecule has 106 valence electrons. The Morgan fingerprint density at radius 2 is 2.21 bits per heavy atom. The maximum Gasteiger partial charge on any atom is 0.240 e. The highest BCUT2D eigenvalue weighted by Crippen LogP contribution is 2.41. The van der Waals surface area contributed by atoms with Gasteiger partial charge >= 0.3 is 0 Å². The highest BCUT2D eigenvalue weighted by molar-refractivity contribution is 5.86. The van der Waals surface area contributed by atoms with E-state index in [2.05, 4.69) is 37.2 Å². The molecule has 0 spiro atoms. The molecule has 0 aromatic rings. The van der Waals surface area contributed by atoms with E-state index < -0.39 is 5.41 Å². The van der Waals surface area contributed by atoms with E-state index in [1.807, 2.05) is 0 Å². The summed E-state index contributed by atoms with van der Waals surface area (Å²) in [6, 6.07) is 2.21. The maximum absolute atomic E-state index is 12.2. The number of hydrogen-bond donors (Lipinski definition) is 1. The van der Waals surface area contributed by atoms with Gasteiger partial charge < -0.3 is 10.2 Å². The predicted molar refractivity (Wildman–Crippen MR) is 74.3 cm³/mol. The summed E-state index contributed by atoms with van der Waals surface area (Å²) in [5.74, 6) is 0.568. The Morgan fingerprint density at radius 1 is 1.53 bits per heavy atom. The van der Waals surface area contributed by atoms with Gasteiger partial charge in [0.2, 0.25) is 5.91 Å². The highest BCUT2D eigenvalue weighted by atomic mass is 16.2.